The summed E-state index contributed by atoms with van der Waals surface area (Å²) in [4.78, 5) is 11.9. The standard InChI is InChI=1S/C12H14Cl2OP.Li/c1-8-5-6-9(13)11(12(8)14)10(15)4-2-3-7-16;/h5-6,16H,2-4,7H2,1H3;/q-1;+1. The van der Waals surface area contributed by atoms with Gasteiger partial charge in [-0.05, 0) is 25.0 Å². The Bertz CT molecular complexity index is 396. The number of benzene rings is 1. The van der Waals surface area contributed by atoms with E-state index in [1.807, 2.05) is 13.0 Å². The fraction of sp³-hybridized carbons (Fsp3) is 0.417. The predicted octanol–water partition coefficient (Wildman–Crippen LogP) is 1.80. The summed E-state index contributed by atoms with van der Waals surface area (Å²) in [6.45, 7) is 1.87. The molecule has 0 aliphatic rings. The van der Waals surface area contributed by atoms with E-state index < -0.39 is 0 Å². The Morgan fingerprint density at radius 2 is 1.94 bits per heavy atom. The van der Waals surface area contributed by atoms with Crippen molar-refractivity contribution in [1.29, 1.82) is 0 Å². The molecule has 1 rings (SSSR count). The third-order valence-corrected chi connectivity index (χ3v) is 3.55. The summed E-state index contributed by atoms with van der Waals surface area (Å²) in [6, 6.07) is 3.54. The van der Waals surface area contributed by atoms with Crippen LogP contribution in [0.25, 0.3) is 0 Å². The molecule has 1 aromatic carbocycles. The van der Waals surface area contributed by atoms with Gasteiger partial charge in [-0.3, -0.25) is 4.79 Å². The Hall–Kier alpha value is 0.497. The van der Waals surface area contributed by atoms with Crippen LogP contribution in [0.5, 0.6) is 0 Å². The maximum atomic E-state index is 11.9. The Balaban J connectivity index is 0.00000256. The Kier molecular flexibility index (Phi) is 8.82. The molecule has 0 bridgehead atoms. The molecule has 0 amide bonds. The second-order valence-corrected chi connectivity index (χ2v) is 4.97. The van der Waals surface area contributed by atoms with Crippen LogP contribution >= 0.6 is 32.4 Å². The molecule has 0 aliphatic heterocycles. The summed E-state index contributed by atoms with van der Waals surface area (Å²) < 4.78 is 0. The molecular formula is C12H14Cl2LiOP. The van der Waals surface area contributed by atoms with Gasteiger partial charge in [0.05, 0.1) is 15.6 Å². The maximum Gasteiger partial charge on any atom is 1.00 e. The van der Waals surface area contributed by atoms with E-state index >= 15 is 0 Å². The molecule has 1 aromatic rings. The average molecular weight is 283 g/mol. The van der Waals surface area contributed by atoms with E-state index in [1.54, 1.807) is 6.07 Å². The summed E-state index contributed by atoms with van der Waals surface area (Å²) in [5, 5.41) is 0.926. The van der Waals surface area contributed by atoms with Gasteiger partial charge in [0, 0.05) is 6.42 Å². The average Bonchev–Trinajstić information content (AvgIpc) is 2.24. The number of carbonyl (C=O) groups is 1. The number of Topliss-reactive ketones (excluding diaryl/α,β-unsaturated/α-hetero) is 1. The number of hydrogen-bond donors (Lipinski definition) is 0. The number of aryl methyl sites for hydroxylation is 1. The van der Waals surface area contributed by atoms with Crippen molar-refractivity contribution in [3.05, 3.63) is 33.3 Å². The van der Waals surface area contributed by atoms with Gasteiger partial charge in [0.15, 0.2) is 5.78 Å². The summed E-state index contributed by atoms with van der Waals surface area (Å²) in [5.41, 5.74) is 1.35. The minimum atomic E-state index is 0. The van der Waals surface area contributed by atoms with E-state index in [-0.39, 0.29) is 24.6 Å². The Morgan fingerprint density at radius 1 is 1.29 bits per heavy atom. The first-order valence-electron chi connectivity index (χ1n) is 5.20. The van der Waals surface area contributed by atoms with Gasteiger partial charge in [0.2, 0.25) is 0 Å². The molecule has 0 atom stereocenters. The molecule has 17 heavy (non-hydrogen) atoms. The van der Waals surface area contributed by atoms with E-state index in [0.29, 0.717) is 22.0 Å². The number of hydrogen-bond acceptors (Lipinski definition) is 1. The molecule has 0 radical (unpaired) electrons. The summed E-state index contributed by atoms with van der Waals surface area (Å²) in [5.74, 6) is 0.0267. The van der Waals surface area contributed by atoms with E-state index in [9.17, 15) is 4.79 Å². The fourth-order valence-corrected chi connectivity index (χ4v) is 2.28. The number of carbonyl (C=O) groups excluding carboxylic acids is 1. The quantitative estimate of drug-likeness (QED) is 0.348. The topological polar surface area (TPSA) is 17.1 Å². The molecular weight excluding hydrogens is 269 g/mol. The maximum absolute atomic E-state index is 11.9. The molecule has 0 unspecified atom stereocenters. The third kappa shape index (κ3) is 4.94. The van der Waals surface area contributed by atoms with Gasteiger partial charge < -0.3 is 9.24 Å². The molecule has 0 fully saturated rings. The molecule has 5 heteroatoms. The minimum Gasteiger partial charge on any atom is -0.558 e. The van der Waals surface area contributed by atoms with Crippen molar-refractivity contribution in [2.45, 2.75) is 26.2 Å². The molecule has 0 N–H and O–H groups in total. The van der Waals surface area contributed by atoms with E-state index in [4.69, 9.17) is 23.2 Å². The Morgan fingerprint density at radius 3 is 2.53 bits per heavy atom. The van der Waals surface area contributed by atoms with E-state index in [0.717, 1.165) is 24.6 Å². The number of ketones is 1. The van der Waals surface area contributed by atoms with Crippen molar-refractivity contribution < 1.29 is 23.7 Å². The largest absolute Gasteiger partial charge is 1.00 e. The second kappa shape index (κ2) is 8.57. The van der Waals surface area contributed by atoms with Gasteiger partial charge in [-0.25, -0.2) is 0 Å². The normalized spacial score (nSPS) is 9.88. The fourth-order valence-electron chi connectivity index (χ4n) is 1.45. The zero-order valence-corrected chi connectivity index (χ0v) is 12.7. The molecule has 0 aliphatic carbocycles. The number of unbranched alkanes of at least 4 members (excludes halogenated alkanes) is 1. The van der Waals surface area contributed by atoms with Gasteiger partial charge in [0.1, 0.15) is 0 Å². The zero-order chi connectivity index (χ0) is 12.1. The molecule has 0 heterocycles. The van der Waals surface area contributed by atoms with Crippen LogP contribution < -0.4 is 18.9 Å². The van der Waals surface area contributed by atoms with Gasteiger partial charge in [0.25, 0.3) is 0 Å². The number of rotatable bonds is 5. The predicted molar refractivity (Wildman–Crippen MR) is 72.6 cm³/mol. The Labute approximate surface area is 127 Å². The van der Waals surface area contributed by atoms with Crippen LogP contribution in [0.4, 0.5) is 0 Å². The van der Waals surface area contributed by atoms with Crippen molar-refractivity contribution >= 4 is 38.2 Å². The van der Waals surface area contributed by atoms with Crippen molar-refractivity contribution in [3.63, 3.8) is 0 Å². The summed E-state index contributed by atoms with van der Waals surface area (Å²) in [6.07, 6.45) is 3.22. The minimum absolute atomic E-state index is 0. The molecule has 0 saturated carbocycles. The molecule has 1 nitrogen and oxygen atoms in total. The van der Waals surface area contributed by atoms with Crippen LogP contribution in [0, 0.1) is 6.92 Å². The molecule has 0 saturated heterocycles. The second-order valence-electron chi connectivity index (χ2n) is 3.68. The van der Waals surface area contributed by atoms with Crippen LogP contribution in [0.3, 0.4) is 0 Å². The first-order valence-corrected chi connectivity index (χ1v) is 6.66. The SMILES string of the molecule is Cc1ccc(Cl)c(C(=O)CCCC[PH-])c1Cl.[Li+]. The smallest absolute Gasteiger partial charge is 0.558 e. The van der Waals surface area contributed by atoms with Gasteiger partial charge in [-0.1, -0.05) is 35.7 Å². The first kappa shape index (κ1) is 17.5. The summed E-state index contributed by atoms with van der Waals surface area (Å²) >= 11 is 12.1. The third-order valence-electron chi connectivity index (χ3n) is 2.39. The summed E-state index contributed by atoms with van der Waals surface area (Å²) in [7, 11) is 3.38. The monoisotopic (exact) mass is 282 g/mol. The first-order chi connectivity index (χ1) is 7.57. The van der Waals surface area contributed by atoms with Crippen LogP contribution in [0.2, 0.25) is 10.0 Å². The van der Waals surface area contributed by atoms with Crippen LogP contribution in [0.1, 0.15) is 35.2 Å². The van der Waals surface area contributed by atoms with Crippen molar-refractivity contribution in [2.75, 3.05) is 6.16 Å². The molecule has 88 valence electrons. The van der Waals surface area contributed by atoms with Crippen molar-refractivity contribution in [1.82, 2.24) is 0 Å². The van der Waals surface area contributed by atoms with E-state index in [1.165, 1.54) is 0 Å². The van der Waals surface area contributed by atoms with E-state index in [2.05, 4.69) is 9.24 Å². The van der Waals surface area contributed by atoms with Gasteiger partial charge in [-0.15, -0.1) is 0 Å². The van der Waals surface area contributed by atoms with Crippen LogP contribution in [-0.2, 0) is 0 Å². The molecule has 0 spiro atoms. The van der Waals surface area contributed by atoms with Crippen molar-refractivity contribution in [2.24, 2.45) is 0 Å². The van der Waals surface area contributed by atoms with Crippen LogP contribution in [-0.4, -0.2) is 11.9 Å². The van der Waals surface area contributed by atoms with Crippen LogP contribution in [0.15, 0.2) is 12.1 Å². The zero-order valence-electron chi connectivity index (χ0n) is 10.1. The van der Waals surface area contributed by atoms with Gasteiger partial charge >= 0.3 is 18.9 Å². The molecule has 0 aromatic heterocycles. The number of halogens is 2. The van der Waals surface area contributed by atoms with Crippen molar-refractivity contribution in [3.8, 4) is 0 Å². The van der Waals surface area contributed by atoms with Gasteiger partial charge in [-0.2, -0.15) is 6.16 Å².